The molecule has 1 aliphatic carbocycles. The number of benzene rings is 1. The van der Waals surface area contributed by atoms with Crippen molar-refractivity contribution in [3.8, 4) is 5.75 Å². The zero-order valence-corrected chi connectivity index (χ0v) is 11.8. The second kappa shape index (κ2) is 6.27. The maximum atomic E-state index is 10.9. The molecule has 0 saturated heterocycles. The van der Waals surface area contributed by atoms with Gasteiger partial charge in [-0.3, -0.25) is 4.79 Å². The molecule has 2 N–H and O–H groups in total. The van der Waals surface area contributed by atoms with Gasteiger partial charge < -0.3 is 14.9 Å². The second-order valence-corrected chi connectivity index (χ2v) is 5.52. The first-order valence-electron chi connectivity index (χ1n) is 7.23. The van der Waals surface area contributed by atoms with Gasteiger partial charge in [0, 0.05) is 0 Å². The van der Waals surface area contributed by atoms with Gasteiger partial charge in [-0.15, -0.1) is 0 Å². The third-order valence-electron chi connectivity index (χ3n) is 4.03. The average molecular weight is 278 g/mol. The smallest absolute Gasteiger partial charge is 0.306 e. The molecule has 0 radical (unpaired) electrons. The Kier molecular flexibility index (Phi) is 4.65. The van der Waals surface area contributed by atoms with Crippen molar-refractivity contribution < 1.29 is 19.7 Å². The van der Waals surface area contributed by atoms with Crippen molar-refractivity contribution in [3.05, 3.63) is 29.8 Å². The maximum absolute atomic E-state index is 10.9. The summed E-state index contributed by atoms with van der Waals surface area (Å²) in [6.07, 6.45) is 3.01. The standard InChI is InChI=1S/C16H22O4/c1-2-11-20-14-5-3-13(4-6-14)16(19)9-7-12(8-10-16)15(17)18/h3-6,12,19H,2,7-11H2,1H3,(H,17,18). The van der Waals surface area contributed by atoms with Crippen LogP contribution >= 0.6 is 0 Å². The Bertz CT molecular complexity index is 444. The van der Waals surface area contributed by atoms with Crippen molar-refractivity contribution in [2.75, 3.05) is 6.61 Å². The third kappa shape index (κ3) is 3.31. The van der Waals surface area contributed by atoms with Crippen LogP contribution in [0.2, 0.25) is 0 Å². The molecular weight excluding hydrogens is 256 g/mol. The number of ether oxygens (including phenoxy) is 1. The van der Waals surface area contributed by atoms with Crippen LogP contribution in [0.15, 0.2) is 24.3 Å². The summed E-state index contributed by atoms with van der Waals surface area (Å²) < 4.78 is 5.52. The molecule has 1 aliphatic rings. The molecule has 2 rings (SSSR count). The molecular formula is C16H22O4. The summed E-state index contributed by atoms with van der Waals surface area (Å²) in [5.41, 5.74) is -0.0416. The molecule has 110 valence electrons. The Morgan fingerprint density at radius 1 is 1.30 bits per heavy atom. The van der Waals surface area contributed by atoms with Crippen LogP contribution in [0.25, 0.3) is 0 Å². The van der Waals surface area contributed by atoms with Crippen LogP contribution in [0.4, 0.5) is 0 Å². The fraction of sp³-hybridized carbons (Fsp3) is 0.562. The van der Waals surface area contributed by atoms with Crippen LogP contribution in [0.5, 0.6) is 5.75 Å². The topological polar surface area (TPSA) is 66.8 Å². The number of aliphatic carboxylic acids is 1. The van der Waals surface area contributed by atoms with Crippen molar-refractivity contribution >= 4 is 5.97 Å². The number of aliphatic hydroxyl groups is 1. The van der Waals surface area contributed by atoms with Gasteiger partial charge in [0.15, 0.2) is 0 Å². The maximum Gasteiger partial charge on any atom is 0.306 e. The highest BCUT2D eigenvalue weighted by molar-refractivity contribution is 5.70. The van der Waals surface area contributed by atoms with Gasteiger partial charge in [-0.1, -0.05) is 19.1 Å². The molecule has 1 aromatic carbocycles. The summed E-state index contributed by atoms with van der Waals surface area (Å²) in [5, 5.41) is 19.7. The number of carbonyl (C=O) groups is 1. The van der Waals surface area contributed by atoms with Crippen molar-refractivity contribution in [2.24, 2.45) is 5.92 Å². The second-order valence-electron chi connectivity index (χ2n) is 5.52. The van der Waals surface area contributed by atoms with Crippen molar-refractivity contribution in [2.45, 2.75) is 44.6 Å². The molecule has 0 unspecified atom stereocenters. The summed E-state index contributed by atoms with van der Waals surface area (Å²) in [4.78, 5) is 10.9. The van der Waals surface area contributed by atoms with E-state index in [0.29, 0.717) is 32.3 Å². The zero-order valence-electron chi connectivity index (χ0n) is 11.8. The van der Waals surface area contributed by atoms with Gasteiger partial charge in [0.1, 0.15) is 5.75 Å². The lowest BCUT2D eigenvalue weighted by molar-refractivity contribution is -0.145. The molecule has 1 fully saturated rings. The zero-order chi connectivity index (χ0) is 14.6. The van der Waals surface area contributed by atoms with Crippen molar-refractivity contribution in [3.63, 3.8) is 0 Å². The van der Waals surface area contributed by atoms with Crippen LogP contribution in [-0.4, -0.2) is 22.8 Å². The van der Waals surface area contributed by atoms with Gasteiger partial charge in [0.2, 0.25) is 0 Å². The highest BCUT2D eigenvalue weighted by atomic mass is 16.5. The van der Waals surface area contributed by atoms with Gasteiger partial charge in [-0.2, -0.15) is 0 Å². The predicted octanol–water partition coefficient (Wildman–Crippen LogP) is 2.94. The van der Waals surface area contributed by atoms with Gasteiger partial charge in [0.05, 0.1) is 18.1 Å². The van der Waals surface area contributed by atoms with E-state index in [1.807, 2.05) is 24.3 Å². The van der Waals surface area contributed by atoms with E-state index < -0.39 is 11.6 Å². The van der Waals surface area contributed by atoms with Crippen LogP contribution in [0.1, 0.15) is 44.6 Å². The number of hydrogen-bond donors (Lipinski definition) is 2. The molecule has 1 saturated carbocycles. The SMILES string of the molecule is CCCOc1ccc(C2(O)CCC(C(=O)O)CC2)cc1. The van der Waals surface area contributed by atoms with Crippen molar-refractivity contribution in [1.29, 1.82) is 0 Å². The Balaban J connectivity index is 2.02. The summed E-state index contributed by atoms with van der Waals surface area (Å²) in [6, 6.07) is 7.50. The van der Waals surface area contributed by atoms with Crippen LogP contribution in [0, 0.1) is 5.92 Å². The first-order valence-corrected chi connectivity index (χ1v) is 7.23. The molecule has 0 heterocycles. The third-order valence-corrected chi connectivity index (χ3v) is 4.03. The fourth-order valence-electron chi connectivity index (χ4n) is 2.71. The molecule has 0 amide bonds. The van der Waals surface area contributed by atoms with E-state index in [2.05, 4.69) is 6.92 Å². The normalized spacial score (nSPS) is 26.2. The number of hydrogen-bond acceptors (Lipinski definition) is 3. The molecule has 4 nitrogen and oxygen atoms in total. The molecule has 0 aliphatic heterocycles. The van der Waals surface area contributed by atoms with Crippen LogP contribution in [0.3, 0.4) is 0 Å². The van der Waals surface area contributed by atoms with E-state index >= 15 is 0 Å². The molecule has 0 bridgehead atoms. The Hall–Kier alpha value is -1.55. The molecule has 0 spiro atoms. The first-order chi connectivity index (χ1) is 9.55. The number of rotatable bonds is 5. The van der Waals surface area contributed by atoms with E-state index in [1.54, 1.807) is 0 Å². The van der Waals surface area contributed by atoms with Gasteiger partial charge in [0.25, 0.3) is 0 Å². The Labute approximate surface area is 119 Å². The lowest BCUT2D eigenvalue weighted by Gasteiger charge is -2.35. The minimum atomic E-state index is -0.894. The van der Waals surface area contributed by atoms with E-state index in [4.69, 9.17) is 9.84 Å². The van der Waals surface area contributed by atoms with E-state index in [1.165, 1.54) is 0 Å². The van der Waals surface area contributed by atoms with E-state index in [9.17, 15) is 9.90 Å². The van der Waals surface area contributed by atoms with Crippen molar-refractivity contribution in [1.82, 2.24) is 0 Å². The van der Waals surface area contributed by atoms with Gasteiger partial charge >= 0.3 is 5.97 Å². The largest absolute Gasteiger partial charge is 0.494 e. The number of carboxylic acids is 1. The first kappa shape index (κ1) is 14.9. The van der Waals surface area contributed by atoms with Gasteiger partial charge in [-0.05, 0) is 49.8 Å². The Morgan fingerprint density at radius 3 is 2.40 bits per heavy atom. The van der Waals surface area contributed by atoms with Crippen LogP contribution < -0.4 is 4.74 Å². The van der Waals surface area contributed by atoms with E-state index in [0.717, 1.165) is 17.7 Å². The van der Waals surface area contributed by atoms with E-state index in [-0.39, 0.29) is 5.92 Å². The summed E-state index contributed by atoms with van der Waals surface area (Å²) in [5.74, 6) is -0.267. The minimum absolute atomic E-state index is 0.317. The highest BCUT2D eigenvalue weighted by Crippen LogP contribution is 2.39. The molecule has 20 heavy (non-hydrogen) atoms. The fourth-order valence-corrected chi connectivity index (χ4v) is 2.71. The monoisotopic (exact) mass is 278 g/mol. The highest BCUT2D eigenvalue weighted by Gasteiger charge is 2.36. The Morgan fingerprint density at radius 2 is 1.90 bits per heavy atom. The van der Waals surface area contributed by atoms with Crippen LogP contribution in [-0.2, 0) is 10.4 Å². The summed E-state index contributed by atoms with van der Waals surface area (Å²) in [7, 11) is 0. The molecule has 4 heteroatoms. The number of carboxylic acid groups (broad SMARTS) is 1. The molecule has 1 aromatic rings. The molecule has 0 aromatic heterocycles. The lowest BCUT2D eigenvalue weighted by Crippen LogP contribution is -2.33. The molecule has 0 atom stereocenters. The predicted molar refractivity (Wildman–Crippen MR) is 75.7 cm³/mol. The summed E-state index contributed by atoms with van der Waals surface area (Å²) >= 11 is 0. The van der Waals surface area contributed by atoms with Gasteiger partial charge in [-0.25, -0.2) is 0 Å². The average Bonchev–Trinajstić information content (AvgIpc) is 2.46. The minimum Gasteiger partial charge on any atom is -0.494 e. The summed E-state index contributed by atoms with van der Waals surface area (Å²) in [6.45, 7) is 2.74. The lowest BCUT2D eigenvalue weighted by atomic mass is 9.75. The quantitative estimate of drug-likeness (QED) is 0.869.